The van der Waals surface area contributed by atoms with Crippen LogP contribution >= 0.6 is 0 Å². The number of rotatable bonds is 4. The average Bonchev–Trinajstić information content (AvgIpc) is 2.14. The minimum absolute atomic E-state index is 0.437. The molecule has 0 saturated carbocycles. The fourth-order valence-corrected chi connectivity index (χ4v) is 1.77. The van der Waals surface area contributed by atoms with Gasteiger partial charge in [-0.25, -0.2) is 0 Å². The number of benzene rings is 1. The van der Waals surface area contributed by atoms with Crippen LogP contribution in [0, 0.1) is 0 Å². The van der Waals surface area contributed by atoms with Gasteiger partial charge in [0, 0.05) is 0 Å². The second-order valence-corrected chi connectivity index (χ2v) is 5.45. The summed E-state index contributed by atoms with van der Waals surface area (Å²) in [5.41, 5.74) is 0.635. The van der Waals surface area contributed by atoms with Crippen LogP contribution in [0.15, 0.2) is 36.6 Å². The van der Waals surface area contributed by atoms with Crippen molar-refractivity contribution in [3.05, 3.63) is 47.7 Å². The van der Waals surface area contributed by atoms with Crippen LogP contribution in [-0.2, 0) is 15.9 Å². The maximum absolute atomic E-state index is 10.0. The smallest absolute Gasteiger partial charge is 0.128 e. The Bertz CT molecular complexity index is 411. The van der Waals surface area contributed by atoms with Crippen molar-refractivity contribution in [2.75, 3.05) is 0 Å². The lowest BCUT2D eigenvalue weighted by molar-refractivity contribution is 0.0329. The molecule has 0 unspecified atom stereocenters. The Labute approximate surface area is 104 Å². The largest absolute Gasteiger partial charge is 0.488 e. The van der Waals surface area contributed by atoms with Crippen LogP contribution in [0.4, 0.5) is 0 Å². The van der Waals surface area contributed by atoms with Gasteiger partial charge in [0.2, 0.25) is 0 Å². The second kappa shape index (κ2) is 4.53. The molecule has 0 saturated heterocycles. The van der Waals surface area contributed by atoms with E-state index >= 15 is 0 Å². The molecule has 0 radical (unpaired) electrons. The number of hydrogen-bond acceptors (Lipinski definition) is 2. The number of ether oxygens (including phenoxy) is 1. The summed E-state index contributed by atoms with van der Waals surface area (Å²) >= 11 is 0. The standard InChI is InChI=1S/C15H22O2/c1-11(2)17-15(5,6)13-9-7-8-12(10-13)14(3,4)16/h7-10,16H,1H2,2-6H3. The van der Waals surface area contributed by atoms with E-state index in [4.69, 9.17) is 4.74 Å². The van der Waals surface area contributed by atoms with E-state index in [1.54, 1.807) is 13.8 Å². The van der Waals surface area contributed by atoms with Gasteiger partial charge in [-0.05, 0) is 51.8 Å². The van der Waals surface area contributed by atoms with E-state index in [1.165, 1.54) is 0 Å². The van der Waals surface area contributed by atoms with E-state index in [2.05, 4.69) is 6.58 Å². The van der Waals surface area contributed by atoms with E-state index in [9.17, 15) is 5.11 Å². The van der Waals surface area contributed by atoms with Crippen molar-refractivity contribution in [2.45, 2.75) is 45.8 Å². The fourth-order valence-electron chi connectivity index (χ4n) is 1.77. The molecule has 2 heteroatoms. The van der Waals surface area contributed by atoms with Gasteiger partial charge < -0.3 is 9.84 Å². The summed E-state index contributed by atoms with van der Waals surface area (Å²) in [5.74, 6) is 0.684. The Balaban J connectivity index is 3.11. The van der Waals surface area contributed by atoms with Crippen molar-refractivity contribution in [3.8, 4) is 0 Å². The zero-order valence-electron chi connectivity index (χ0n) is 11.4. The van der Waals surface area contributed by atoms with E-state index in [1.807, 2.05) is 45.0 Å². The quantitative estimate of drug-likeness (QED) is 0.805. The Morgan fingerprint density at radius 3 is 2.18 bits per heavy atom. The maximum Gasteiger partial charge on any atom is 0.128 e. The Hall–Kier alpha value is -1.28. The van der Waals surface area contributed by atoms with E-state index in [-0.39, 0.29) is 0 Å². The molecule has 1 N–H and O–H groups in total. The highest BCUT2D eigenvalue weighted by atomic mass is 16.5. The van der Waals surface area contributed by atoms with Crippen molar-refractivity contribution in [1.29, 1.82) is 0 Å². The van der Waals surface area contributed by atoms with Crippen LogP contribution in [0.3, 0.4) is 0 Å². The predicted molar refractivity (Wildman–Crippen MR) is 70.6 cm³/mol. The molecule has 94 valence electrons. The first kappa shape index (κ1) is 13.8. The zero-order chi connectivity index (χ0) is 13.3. The summed E-state index contributed by atoms with van der Waals surface area (Å²) in [7, 11) is 0. The molecule has 0 aliphatic heterocycles. The van der Waals surface area contributed by atoms with Gasteiger partial charge in [-0.2, -0.15) is 0 Å². The highest BCUT2D eigenvalue weighted by Gasteiger charge is 2.24. The molecule has 0 aliphatic carbocycles. The van der Waals surface area contributed by atoms with Gasteiger partial charge in [-0.1, -0.05) is 24.8 Å². The van der Waals surface area contributed by atoms with Crippen molar-refractivity contribution in [2.24, 2.45) is 0 Å². The molecular formula is C15H22O2. The molecule has 2 nitrogen and oxygen atoms in total. The molecule has 0 amide bonds. The summed E-state index contributed by atoms with van der Waals surface area (Å²) in [6, 6.07) is 7.83. The second-order valence-electron chi connectivity index (χ2n) is 5.45. The summed E-state index contributed by atoms with van der Waals surface area (Å²) < 4.78 is 5.72. The van der Waals surface area contributed by atoms with Gasteiger partial charge in [0.15, 0.2) is 0 Å². The third kappa shape index (κ3) is 3.60. The fraction of sp³-hybridized carbons (Fsp3) is 0.467. The first-order valence-corrected chi connectivity index (χ1v) is 5.81. The zero-order valence-corrected chi connectivity index (χ0v) is 11.4. The lowest BCUT2D eigenvalue weighted by Crippen LogP contribution is -2.22. The maximum atomic E-state index is 10.0. The van der Waals surface area contributed by atoms with Crippen LogP contribution in [0.25, 0.3) is 0 Å². The number of hydrogen-bond donors (Lipinski definition) is 1. The molecule has 0 bridgehead atoms. The Morgan fingerprint density at radius 1 is 1.18 bits per heavy atom. The topological polar surface area (TPSA) is 29.5 Å². The van der Waals surface area contributed by atoms with Gasteiger partial charge >= 0.3 is 0 Å². The SMILES string of the molecule is C=C(C)OC(C)(C)c1cccc(C(C)(C)O)c1. The minimum Gasteiger partial charge on any atom is -0.488 e. The van der Waals surface area contributed by atoms with Crippen molar-refractivity contribution in [1.82, 2.24) is 0 Å². The minimum atomic E-state index is -0.838. The molecule has 1 aromatic rings. The van der Waals surface area contributed by atoms with Crippen LogP contribution in [0.5, 0.6) is 0 Å². The van der Waals surface area contributed by atoms with Crippen LogP contribution < -0.4 is 0 Å². The highest BCUT2D eigenvalue weighted by Crippen LogP contribution is 2.30. The number of allylic oxidation sites excluding steroid dienone is 1. The van der Waals surface area contributed by atoms with Gasteiger partial charge in [0.05, 0.1) is 11.4 Å². The van der Waals surface area contributed by atoms with E-state index in [0.717, 1.165) is 11.1 Å². The molecule has 17 heavy (non-hydrogen) atoms. The summed E-state index contributed by atoms with van der Waals surface area (Å²) in [5, 5.41) is 10.0. The van der Waals surface area contributed by atoms with Crippen molar-refractivity contribution in [3.63, 3.8) is 0 Å². The first-order valence-electron chi connectivity index (χ1n) is 5.81. The summed E-state index contributed by atoms with van der Waals surface area (Å²) in [4.78, 5) is 0. The predicted octanol–water partition coefficient (Wildman–Crippen LogP) is 3.70. The summed E-state index contributed by atoms with van der Waals surface area (Å²) in [6.45, 7) is 13.1. The van der Waals surface area contributed by atoms with Crippen molar-refractivity contribution < 1.29 is 9.84 Å². The van der Waals surface area contributed by atoms with Crippen molar-refractivity contribution >= 4 is 0 Å². The molecule has 0 heterocycles. The van der Waals surface area contributed by atoms with Gasteiger partial charge in [0.25, 0.3) is 0 Å². The highest BCUT2D eigenvalue weighted by molar-refractivity contribution is 5.30. The molecule has 0 spiro atoms. The lowest BCUT2D eigenvalue weighted by atomic mass is 9.91. The third-order valence-electron chi connectivity index (χ3n) is 2.69. The van der Waals surface area contributed by atoms with Crippen LogP contribution in [-0.4, -0.2) is 5.11 Å². The molecular weight excluding hydrogens is 212 g/mol. The molecule has 1 rings (SSSR count). The molecule has 1 aromatic carbocycles. The van der Waals surface area contributed by atoms with Gasteiger partial charge in [-0.3, -0.25) is 0 Å². The van der Waals surface area contributed by atoms with E-state index < -0.39 is 11.2 Å². The average molecular weight is 234 g/mol. The lowest BCUT2D eigenvalue weighted by Gasteiger charge is -2.28. The van der Waals surface area contributed by atoms with Crippen LogP contribution in [0.1, 0.15) is 45.7 Å². The molecule has 0 atom stereocenters. The van der Waals surface area contributed by atoms with Gasteiger partial charge in [0.1, 0.15) is 5.60 Å². The third-order valence-corrected chi connectivity index (χ3v) is 2.69. The Morgan fingerprint density at radius 2 is 1.71 bits per heavy atom. The normalized spacial score (nSPS) is 12.4. The molecule has 0 aromatic heterocycles. The van der Waals surface area contributed by atoms with Gasteiger partial charge in [-0.15, -0.1) is 0 Å². The molecule has 0 aliphatic rings. The first-order chi connectivity index (χ1) is 7.63. The van der Waals surface area contributed by atoms with E-state index in [0.29, 0.717) is 5.76 Å². The summed E-state index contributed by atoms with van der Waals surface area (Å²) in [6.07, 6.45) is 0. The number of aliphatic hydroxyl groups is 1. The van der Waals surface area contributed by atoms with Crippen LogP contribution in [0.2, 0.25) is 0 Å². The Kier molecular flexibility index (Phi) is 3.68. The molecule has 0 fully saturated rings. The monoisotopic (exact) mass is 234 g/mol.